The molecule has 0 spiro atoms. The van der Waals surface area contributed by atoms with E-state index in [4.69, 9.17) is 4.74 Å². The first kappa shape index (κ1) is 20.8. The lowest BCUT2D eigenvalue weighted by atomic mass is 9.50. The predicted octanol–water partition coefficient (Wildman–Crippen LogP) is 6.01. The van der Waals surface area contributed by atoms with Crippen LogP contribution in [0, 0.1) is 28.6 Å². The molecule has 5 rings (SSSR count). The smallest absolute Gasteiger partial charge is 0.155 e. The first-order chi connectivity index (χ1) is 14.7. The van der Waals surface area contributed by atoms with Gasteiger partial charge in [-0.1, -0.05) is 62.8 Å². The Morgan fingerprint density at radius 2 is 1.94 bits per heavy atom. The van der Waals surface area contributed by atoms with Crippen LogP contribution >= 0.6 is 0 Å². The van der Waals surface area contributed by atoms with Gasteiger partial charge in [0.2, 0.25) is 0 Å². The largest absolute Gasteiger partial charge is 0.459 e. The van der Waals surface area contributed by atoms with Crippen LogP contribution in [0.25, 0.3) is 0 Å². The molecule has 2 saturated carbocycles. The van der Waals surface area contributed by atoms with Crippen molar-refractivity contribution in [2.75, 3.05) is 0 Å². The van der Waals surface area contributed by atoms with Crippen molar-refractivity contribution >= 4 is 5.78 Å². The number of ketones is 1. The Balaban J connectivity index is 1.51. The van der Waals surface area contributed by atoms with Gasteiger partial charge in [0.05, 0.1) is 0 Å². The number of carbonyl (C=O) groups is 1. The molecule has 0 unspecified atom stereocenters. The SMILES string of the molecule is C=C(Oc1ccccc1)[C@@]1(O)[C@@H](C)C[C@H]2[C@@H]3CCC4=CC(=O)CC[C@]4(C)C3=CC[C@@]21C. The van der Waals surface area contributed by atoms with E-state index in [1.54, 1.807) is 0 Å². The molecule has 4 aliphatic carbocycles. The van der Waals surface area contributed by atoms with Crippen LogP contribution in [0.1, 0.15) is 59.3 Å². The fourth-order valence-electron chi connectivity index (χ4n) is 7.50. The van der Waals surface area contributed by atoms with E-state index in [9.17, 15) is 9.90 Å². The molecule has 0 radical (unpaired) electrons. The second kappa shape index (κ2) is 6.93. The maximum absolute atomic E-state index is 12.2. The number of fused-ring (bicyclic) bond motifs is 5. The van der Waals surface area contributed by atoms with Gasteiger partial charge in [0, 0.05) is 17.3 Å². The van der Waals surface area contributed by atoms with Gasteiger partial charge in [0.1, 0.15) is 17.1 Å². The van der Waals surface area contributed by atoms with E-state index in [0.717, 1.165) is 37.9 Å². The molecule has 1 aromatic rings. The molecule has 1 aromatic carbocycles. The Morgan fingerprint density at radius 1 is 1.19 bits per heavy atom. The van der Waals surface area contributed by atoms with Gasteiger partial charge >= 0.3 is 0 Å². The van der Waals surface area contributed by atoms with Gasteiger partial charge in [-0.15, -0.1) is 0 Å². The van der Waals surface area contributed by atoms with Crippen LogP contribution in [-0.4, -0.2) is 16.5 Å². The molecule has 4 aliphatic rings. The minimum atomic E-state index is -1.07. The molecular formula is C28H34O3. The lowest BCUT2D eigenvalue weighted by molar-refractivity contribution is -0.115. The molecule has 2 fully saturated rings. The molecule has 0 aromatic heterocycles. The third-order valence-electron chi connectivity index (χ3n) is 9.33. The van der Waals surface area contributed by atoms with Crippen molar-refractivity contribution in [3.63, 3.8) is 0 Å². The molecule has 0 heterocycles. The summed E-state index contributed by atoms with van der Waals surface area (Å²) < 4.78 is 6.13. The highest BCUT2D eigenvalue weighted by molar-refractivity contribution is 5.92. The fourth-order valence-corrected chi connectivity index (χ4v) is 7.50. The molecule has 0 amide bonds. The highest BCUT2D eigenvalue weighted by atomic mass is 16.5. The summed E-state index contributed by atoms with van der Waals surface area (Å²) in [7, 11) is 0. The molecule has 0 bridgehead atoms. The van der Waals surface area contributed by atoms with Crippen molar-refractivity contribution in [2.45, 2.75) is 64.9 Å². The maximum atomic E-state index is 12.2. The fraction of sp³-hybridized carbons (Fsp3) is 0.536. The van der Waals surface area contributed by atoms with Crippen molar-refractivity contribution in [3.8, 4) is 5.75 Å². The van der Waals surface area contributed by atoms with E-state index in [0.29, 0.717) is 24.0 Å². The van der Waals surface area contributed by atoms with Crippen LogP contribution < -0.4 is 4.74 Å². The third kappa shape index (κ3) is 2.78. The average Bonchev–Trinajstić information content (AvgIpc) is 2.96. The van der Waals surface area contributed by atoms with E-state index in [2.05, 4.69) is 33.4 Å². The summed E-state index contributed by atoms with van der Waals surface area (Å²) in [4.78, 5) is 12.1. The lowest BCUT2D eigenvalue weighted by Crippen LogP contribution is -2.54. The monoisotopic (exact) mass is 418 g/mol. The van der Waals surface area contributed by atoms with E-state index < -0.39 is 5.60 Å². The van der Waals surface area contributed by atoms with Crippen molar-refractivity contribution < 1.29 is 14.6 Å². The van der Waals surface area contributed by atoms with Crippen molar-refractivity contribution in [2.24, 2.45) is 28.6 Å². The zero-order valence-electron chi connectivity index (χ0n) is 19.0. The summed E-state index contributed by atoms with van der Waals surface area (Å²) in [5.41, 5.74) is 1.47. The number of aliphatic hydroxyl groups is 1. The number of hydrogen-bond acceptors (Lipinski definition) is 3. The second-order valence-corrected chi connectivity index (χ2v) is 10.7. The van der Waals surface area contributed by atoms with Crippen LogP contribution in [0.15, 0.2) is 66.0 Å². The van der Waals surface area contributed by atoms with E-state index in [1.807, 2.05) is 36.4 Å². The van der Waals surface area contributed by atoms with Gasteiger partial charge in [-0.3, -0.25) is 4.79 Å². The van der Waals surface area contributed by atoms with E-state index in [-0.39, 0.29) is 22.5 Å². The minimum Gasteiger partial charge on any atom is -0.459 e. The predicted molar refractivity (Wildman–Crippen MR) is 122 cm³/mol. The number of benzene rings is 1. The number of allylic oxidation sites excluding steroid dienone is 4. The maximum Gasteiger partial charge on any atom is 0.155 e. The molecular weight excluding hydrogens is 384 g/mol. The van der Waals surface area contributed by atoms with Gasteiger partial charge in [0.25, 0.3) is 0 Å². The Kier molecular flexibility index (Phi) is 4.64. The molecule has 164 valence electrons. The number of hydrogen-bond donors (Lipinski definition) is 1. The van der Waals surface area contributed by atoms with Gasteiger partial charge in [-0.2, -0.15) is 0 Å². The molecule has 3 nitrogen and oxygen atoms in total. The van der Waals surface area contributed by atoms with Gasteiger partial charge < -0.3 is 9.84 Å². The van der Waals surface area contributed by atoms with E-state index >= 15 is 0 Å². The number of para-hydroxylation sites is 1. The molecule has 1 N–H and O–H groups in total. The van der Waals surface area contributed by atoms with Gasteiger partial charge in [0.15, 0.2) is 5.78 Å². The highest BCUT2D eigenvalue weighted by Gasteiger charge is 2.66. The summed E-state index contributed by atoms with van der Waals surface area (Å²) in [6.45, 7) is 11.0. The topological polar surface area (TPSA) is 46.5 Å². The van der Waals surface area contributed by atoms with Crippen LogP contribution in [0.2, 0.25) is 0 Å². The Bertz CT molecular complexity index is 989. The standard InChI is InChI=1S/C28H34O3/c1-18-16-25-23-11-10-20-17-21(29)12-14-26(20,3)24(23)13-15-27(25,4)28(18,30)19(2)31-22-8-6-5-7-9-22/h5-9,13,17-18,23,25,30H,2,10-12,14-16H2,1,3-4H3/t18-,23+,25-,26-,27-,28-/m0/s1. The van der Waals surface area contributed by atoms with Crippen LogP contribution in [0.3, 0.4) is 0 Å². The highest BCUT2D eigenvalue weighted by Crippen LogP contribution is 2.67. The molecule has 3 heteroatoms. The quantitative estimate of drug-likeness (QED) is 0.483. The first-order valence-electron chi connectivity index (χ1n) is 11.8. The molecule has 0 aliphatic heterocycles. The number of rotatable bonds is 3. The van der Waals surface area contributed by atoms with Crippen LogP contribution in [0.5, 0.6) is 5.75 Å². The van der Waals surface area contributed by atoms with Crippen molar-refractivity contribution in [1.29, 1.82) is 0 Å². The lowest BCUT2D eigenvalue weighted by Gasteiger charge is -2.55. The van der Waals surface area contributed by atoms with Gasteiger partial charge in [-0.25, -0.2) is 0 Å². The second-order valence-electron chi connectivity index (χ2n) is 10.7. The minimum absolute atomic E-state index is 0.0135. The van der Waals surface area contributed by atoms with Crippen molar-refractivity contribution in [1.82, 2.24) is 0 Å². The summed E-state index contributed by atoms with van der Waals surface area (Å²) >= 11 is 0. The zero-order valence-corrected chi connectivity index (χ0v) is 19.0. The Hall–Kier alpha value is -2.13. The summed E-state index contributed by atoms with van der Waals surface area (Å²) in [5.74, 6) is 2.39. The summed E-state index contributed by atoms with van der Waals surface area (Å²) in [6.07, 6.45) is 9.75. The molecule has 31 heavy (non-hydrogen) atoms. The summed E-state index contributed by atoms with van der Waals surface area (Å²) in [5, 5.41) is 12.2. The Morgan fingerprint density at radius 3 is 2.68 bits per heavy atom. The molecule has 6 atom stereocenters. The number of ether oxygens (including phenoxy) is 1. The van der Waals surface area contributed by atoms with E-state index in [1.165, 1.54) is 11.1 Å². The molecule has 0 saturated heterocycles. The van der Waals surface area contributed by atoms with Crippen molar-refractivity contribution in [3.05, 3.63) is 66.0 Å². The average molecular weight is 419 g/mol. The van der Waals surface area contributed by atoms with Crippen LogP contribution in [-0.2, 0) is 4.79 Å². The normalized spacial score (nSPS) is 41.4. The van der Waals surface area contributed by atoms with Crippen LogP contribution in [0.4, 0.5) is 0 Å². The summed E-state index contributed by atoms with van der Waals surface area (Å²) in [6, 6.07) is 9.65. The zero-order chi connectivity index (χ0) is 22.0. The third-order valence-corrected chi connectivity index (χ3v) is 9.33. The number of carbonyl (C=O) groups excluding carboxylic acids is 1. The first-order valence-corrected chi connectivity index (χ1v) is 11.8. The van der Waals surface area contributed by atoms with Gasteiger partial charge in [-0.05, 0) is 68.1 Å². The Labute approximate surface area is 185 Å².